The molecule has 4 heterocycles. The molecule has 7 rings (SSSR count). The number of amides is 1. The van der Waals surface area contributed by atoms with Crippen LogP contribution in [0.3, 0.4) is 0 Å². The second-order valence-electron chi connectivity index (χ2n) is 9.73. The second-order valence-corrected chi connectivity index (χ2v) is 9.73. The van der Waals surface area contributed by atoms with Crippen LogP contribution in [-0.4, -0.2) is 62.4 Å². The third kappa shape index (κ3) is 4.35. The van der Waals surface area contributed by atoms with Gasteiger partial charge in [0, 0.05) is 18.7 Å². The topological polar surface area (TPSA) is 128 Å². The largest absolute Gasteiger partial charge is 0.441 e. The zero-order valence-electron chi connectivity index (χ0n) is 19.5. The molecule has 3 aromatic heterocycles. The van der Waals surface area contributed by atoms with Crippen molar-refractivity contribution in [3.63, 3.8) is 0 Å². The molecule has 0 unspecified atom stereocenters. The highest BCUT2D eigenvalue weighted by Gasteiger charge is 2.58. The van der Waals surface area contributed by atoms with Gasteiger partial charge in [0.05, 0.1) is 30.8 Å². The first kappa shape index (κ1) is 23.9. The number of halogens is 4. The van der Waals surface area contributed by atoms with Gasteiger partial charge in [-0.15, -0.1) is 0 Å². The van der Waals surface area contributed by atoms with Crippen LogP contribution in [0.15, 0.2) is 18.3 Å². The molecule has 1 aliphatic heterocycles. The van der Waals surface area contributed by atoms with E-state index in [0.29, 0.717) is 11.6 Å². The fraction of sp³-hybridized carbons (Fsp3) is 0.545. The predicted octanol–water partition coefficient (Wildman–Crippen LogP) is 3.42. The van der Waals surface area contributed by atoms with Crippen molar-refractivity contribution in [2.45, 2.75) is 56.0 Å². The van der Waals surface area contributed by atoms with Gasteiger partial charge in [0.1, 0.15) is 11.6 Å². The minimum absolute atomic E-state index is 0.0831. The molecule has 1 amide bonds. The maximum atomic E-state index is 15.1. The molecule has 198 valence electrons. The average Bonchev–Trinajstić information content (AvgIpc) is 3.49. The molecule has 4 fully saturated rings. The maximum Gasteiger partial charge on any atom is 0.434 e. The molecule has 2 bridgehead atoms. The molecule has 37 heavy (non-hydrogen) atoms. The fourth-order valence-electron chi connectivity index (χ4n) is 5.11. The van der Waals surface area contributed by atoms with E-state index in [1.807, 2.05) is 0 Å². The average molecular weight is 525 g/mol. The Labute approximate surface area is 206 Å². The highest BCUT2D eigenvalue weighted by molar-refractivity contribution is 5.73. The highest BCUT2D eigenvalue weighted by atomic mass is 19.4. The summed E-state index contributed by atoms with van der Waals surface area (Å²) in [5.74, 6) is 0.596. The number of alkyl halides is 4. The summed E-state index contributed by atoms with van der Waals surface area (Å²) in [7, 11) is 1.44. The molecule has 4 aliphatic rings. The molecule has 0 spiro atoms. The van der Waals surface area contributed by atoms with Gasteiger partial charge in [0.2, 0.25) is 0 Å². The summed E-state index contributed by atoms with van der Waals surface area (Å²) >= 11 is 0. The lowest BCUT2D eigenvalue weighted by atomic mass is 9.50. The number of alkyl carbamates (subject to hydrolysis) is 1. The molecule has 3 atom stereocenters. The molecule has 3 saturated carbocycles. The number of nitrogens with zero attached hydrogens (tertiary/aromatic N) is 4. The van der Waals surface area contributed by atoms with Crippen LogP contribution in [0.5, 0.6) is 0 Å². The Morgan fingerprint density at radius 1 is 1.32 bits per heavy atom. The predicted molar refractivity (Wildman–Crippen MR) is 118 cm³/mol. The third-order valence-corrected chi connectivity index (χ3v) is 6.99. The van der Waals surface area contributed by atoms with Gasteiger partial charge in [-0.05, 0) is 31.2 Å². The van der Waals surface area contributed by atoms with Crippen LogP contribution < -0.4 is 10.6 Å². The molecule has 0 radical (unpaired) electrons. The van der Waals surface area contributed by atoms with E-state index in [2.05, 4.69) is 30.9 Å². The molecule has 0 aromatic carbocycles. The van der Waals surface area contributed by atoms with E-state index in [4.69, 9.17) is 14.2 Å². The number of rotatable bonds is 7. The zero-order valence-corrected chi connectivity index (χ0v) is 19.5. The maximum absolute atomic E-state index is 15.1. The summed E-state index contributed by atoms with van der Waals surface area (Å²) in [6, 6.07) is 2.93. The van der Waals surface area contributed by atoms with E-state index >= 15 is 4.39 Å². The van der Waals surface area contributed by atoms with Crippen molar-refractivity contribution < 1.29 is 36.6 Å². The van der Waals surface area contributed by atoms with Crippen molar-refractivity contribution in [2.75, 3.05) is 19.0 Å². The van der Waals surface area contributed by atoms with E-state index in [1.165, 1.54) is 19.2 Å². The SMILES string of the molecule is COCc1cc2c(Nc3cc([C@H]4OC[C@@H](OC(=O)NC56CC(C5)C6)[C@@H]4F)[nH]n3)nc(C(F)(F)F)cn2n1. The van der Waals surface area contributed by atoms with Crippen molar-refractivity contribution >= 4 is 23.2 Å². The lowest BCUT2D eigenvalue weighted by Crippen LogP contribution is -2.68. The van der Waals surface area contributed by atoms with E-state index in [-0.39, 0.29) is 41.6 Å². The number of nitrogens with one attached hydrogen (secondary N) is 3. The Hall–Kier alpha value is -3.46. The van der Waals surface area contributed by atoms with Crippen LogP contribution in [0.1, 0.15) is 42.4 Å². The Balaban J connectivity index is 1.16. The number of aromatic nitrogens is 5. The van der Waals surface area contributed by atoms with Crippen molar-refractivity contribution in [1.29, 1.82) is 0 Å². The monoisotopic (exact) mass is 525 g/mol. The van der Waals surface area contributed by atoms with Gasteiger partial charge in [0.15, 0.2) is 29.6 Å². The van der Waals surface area contributed by atoms with Crippen molar-refractivity contribution in [3.8, 4) is 0 Å². The Morgan fingerprint density at radius 3 is 2.78 bits per heavy atom. The molecule has 3 N–H and O–H groups in total. The number of fused-ring (bicyclic) bond motifs is 1. The summed E-state index contributed by atoms with van der Waals surface area (Å²) < 4.78 is 72.1. The number of anilines is 2. The number of H-pyrrole nitrogens is 1. The fourth-order valence-corrected chi connectivity index (χ4v) is 5.11. The van der Waals surface area contributed by atoms with Gasteiger partial charge in [-0.2, -0.15) is 23.4 Å². The number of methoxy groups -OCH3 is 1. The number of carbonyl (C=O) groups excluding carboxylic acids is 1. The molecule has 1 saturated heterocycles. The summed E-state index contributed by atoms with van der Waals surface area (Å²) in [5.41, 5.74) is -0.478. The Morgan fingerprint density at radius 2 is 2.11 bits per heavy atom. The molecule has 11 nitrogen and oxygen atoms in total. The van der Waals surface area contributed by atoms with E-state index in [9.17, 15) is 18.0 Å². The number of hydrogen-bond acceptors (Lipinski definition) is 8. The second kappa shape index (κ2) is 8.55. The van der Waals surface area contributed by atoms with Gasteiger partial charge in [-0.3, -0.25) is 5.10 Å². The highest BCUT2D eigenvalue weighted by Crippen LogP contribution is 2.57. The molecule has 3 aliphatic carbocycles. The van der Waals surface area contributed by atoms with Crippen LogP contribution >= 0.6 is 0 Å². The van der Waals surface area contributed by atoms with E-state index in [0.717, 1.165) is 30.0 Å². The number of aromatic amines is 1. The minimum atomic E-state index is -4.71. The first-order valence-corrected chi connectivity index (χ1v) is 11.6. The molecular weight excluding hydrogens is 502 g/mol. The van der Waals surface area contributed by atoms with Crippen LogP contribution in [0.4, 0.5) is 34.0 Å². The van der Waals surface area contributed by atoms with Crippen LogP contribution in [0.25, 0.3) is 5.52 Å². The van der Waals surface area contributed by atoms with Crippen molar-refractivity contribution in [2.24, 2.45) is 5.92 Å². The summed E-state index contributed by atoms with van der Waals surface area (Å²) in [6.45, 7) is -0.0563. The number of carbonyl (C=O) groups is 1. The van der Waals surface area contributed by atoms with Gasteiger partial charge in [-0.1, -0.05) is 0 Å². The quantitative estimate of drug-likeness (QED) is 0.401. The first-order valence-electron chi connectivity index (χ1n) is 11.6. The number of ether oxygens (including phenoxy) is 3. The molecular formula is C22H23F4N7O4. The minimum Gasteiger partial charge on any atom is -0.441 e. The van der Waals surface area contributed by atoms with Gasteiger partial charge >= 0.3 is 12.3 Å². The van der Waals surface area contributed by atoms with Gasteiger partial charge < -0.3 is 24.8 Å². The number of hydrogen-bond donors (Lipinski definition) is 3. The molecule has 3 aromatic rings. The van der Waals surface area contributed by atoms with Crippen LogP contribution in [0.2, 0.25) is 0 Å². The van der Waals surface area contributed by atoms with Crippen molar-refractivity contribution in [3.05, 3.63) is 35.4 Å². The molecule has 15 heteroatoms. The first-order chi connectivity index (χ1) is 17.6. The summed E-state index contributed by atoms with van der Waals surface area (Å²) in [6.07, 6.45) is -5.71. The zero-order chi connectivity index (χ0) is 25.9. The smallest absolute Gasteiger partial charge is 0.434 e. The Kier molecular flexibility index (Phi) is 5.52. The van der Waals surface area contributed by atoms with Crippen molar-refractivity contribution in [1.82, 2.24) is 30.1 Å². The van der Waals surface area contributed by atoms with Gasteiger partial charge in [0.25, 0.3) is 0 Å². The van der Waals surface area contributed by atoms with E-state index < -0.39 is 36.3 Å². The third-order valence-electron chi connectivity index (χ3n) is 6.99. The van der Waals surface area contributed by atoms with Gasteiger partial charge in [-0.25, -0.2) is 18.7 Å². The summed E-state index contributed by atoms with van der Waals surface area (Å²) in [5, 5.41) is 16.3. The Bertz CT molecular complexity index is 1330. The van der Waals surface area contributed by atoms with E-state index in [1.54, 1.807) is 0 Å². The standard InChI is InChI=1S/C22H23F4N7O4/c1-35-8-11-2-13-19(27-15(22(24,25)26)7-33(13)32-11)28-16-3-12(30-31-16)18-17(23)14(9-36-18)37-20(34)29-21-4-10(5-21)6-21/h2-3,7,10,14,17-18H,4-6,8-9H2,1H3,(H,29,34)(H2,27,28,30,31)/t10?,14-,17+,18-,21?/m1/s1. The lowest BCUT2D eigenvalue weighted by Gasteiger charge is -2.61. The lowest BCUT2D eigenvalue weighted by molar-refractivity contribution is -0.141. The summed E-state index contributed by atoms with van der Waals surface area (Å²) in [4.78, 5) is 15.9. The van der Waals surface area contributed by atoms with Crippen LogP contribution in [0, 0.1) is 5.92 Å². The van der Waals surface area contributed by atoms with Crippen LogP contribution in [-0.2, 0) is 27.0 Å². The normalized spacial score (nSPS) is 28.6.